The Morgan fingerprint density at radius 1 is 1.38 bits per heavy atom. The quantitative estimate of drug-likeness (QED) is 0.498. The van der Waals surface area contributed by atoms with Gasteiger partial charge in [-0.25, -0.2) is 8.42 Å². The fourth-order valence-corrected chi connectivity index (χ4v) is 3.38. The maximum Gasteiger partial charge on any atom is 0.214 e. The molecule has 4 nitrogen and oxygen atoms in total. The molecule has 0 fully saturated rings. The number of alkyl halides is 1. The highest BCUT2D eigenvalue weighted by Gasteiger charge is 2.23. The fraction of sp³-hybridized carbons (Fsp3) is 0.900. The number of nitriles is 1. The van der Waals surface area contributed by atoms with Gasteiger partial charge >= 0.3 is 0 Å². The van der Waals surface area contributed by atoms with Crippen LogP contribution < -0.4 is 0 Å². The Hall–Kier alpha value is -0.310. The van der Waals surface area contributed by atoms with E-state index in [4.69, 9.17) is 16.9 Å². The van der Waals surface area contributed by atoms with Crippen molar-refractivity contribution in [2.75, 3.05) is 18.2 Å². The van der Waals surface area contributed by atoms with Gasteiger partial charge < -0.3 is 0 Å². The molecule has 0 saturated heterocycles. The molecule has 0 rings (SSSR count). The van der Waals surface area contributed by atoms with Gasteiger partial charge in [0.05, 0.1) is 11.8 Å². The van der Waals surface area contributed by atoms with Gasteiger partial charge in [0.2, 0.25) is 10.0 Å². The summed E-state index contributed by atoms with van der Waals surface area (Å²) in [5.41, 5.74) is 0. The molecule has 0 aromatic carbocycles. The first-order valence-corrected chi connectivity index (χ1v) is 7.52. The van der Waals surface area contributed by atoms with Crippen molar-refractivity contribution in [3.63, 3.8) is 0 Å². The van der Waals surface area contributed by atoms with Crippen LogP contribution in [0.3, 0.4) is 0 Å². The maximum atomic E-state index is 11.9. The minimum absolute atomic E-state index is 0.102. The van der Waals surface area contributed by atoms with Crippen LogP contribution in [-0.4, -0.2) is 36.9 Å². The second-order valence-corrected chi connectivity index (χ2v) is 6.24. The Morgan fingerprint density at radius 3 is 2.44 bits per heavy atom. The zero-order valence-corrected chi connectivity index (χ0v) is 11.4. The summed E-state index contributed by atoms with van der Waals surface area (Å²) in [6, 6.07) is 1.86. The summed E-state index contributed by atoms with van der Waals surface area (Å²) in [7, 11) is -3.24. The van der Waals surface area contributed by atoms with Crippen LogP contribution in [0.2, 0.25) is 0 Å². The lowest BCUT2D eigenvalue weighted by molar-refractivity contribution is 0.360. The van der Waals surface area contributed by atoms with Crippen molar-refractivity contribution < 1.29 is 8.42 Å². The average molecular weight is 267 g/mol. The lowest BCUT2D eigenvalue weighted by Crippen LogP contribution is -2.39. The molecule has 0 aromatic rings. The Bertz CT molecular complexity index is 322. The van der Waals surface area contributed by atoms with Crippen molar-refractivity contribution in [2.24, 2.45) is 0 Å². The van der Waals surface area contributed by atoms with Crippen molar-refractivity contribution in [3.8, 4) is 6.07 Å². The summed E-state index contributed by atoms with van der Waals surface area (Å²) in [4.78, 5) is 0. The standard InChI is InChI=1S/C10H19ClN2O2S/c1-10(2)13(8-5-7-12)16(14,15)9-4-3-6-11/h10H,3-6,8-9H2,1-2H3. The molecule has 0 radical (unpaired) electrons. The summed E-state index contributed by atoms with van der Waals surface area (Å²) in [5.74, 6) is 0.596. The molecule has 0 heterocycles. The number of halogens is 1. The molecule has 0 aliphatic heterocycles. The average Bonchev–Trinajstić information content (AvgIpc) is 2.17. The van der Waals surface area contributed by atoms with Gasteiger partial charge in [-0.2, -0.15) is 9.57 Å². The molecule has 0 spiro atoms. The van der Waals surface area contributed by atoms with E-state index in [0.29, 0.717) is 18.7 Å². The molecule has 94 valence electrons. The number of hydrogen-bond acceptors (Lipinski definition) is 3. The highest BCUT2D eigenvalue weighted by Crippen LogP contribution is 2.10. The SMILES string of the molecule is CC(C)N(CCC#N)S(=O)(=O)CCCCCl. The molecule has 0 aliphatic carbocycles. The molecule has 0 saturated carbocycles. The van der Waals surface area contributed by atoms with Crippen LogP contribution in [0.4, 0.5) is 0 Å². The van der Waals surface area contributed by atoms with E-state index < -0.39 is 10.0 Å². The van der Waals surface area contributed by atoms with Gasteiger partial charge in [-0.1, -0.05) is 0 Å². The van der Waals surface area contributed by atoms with Gasteiger partial charge in [0.25, 0.3) is 0 Å². The monoisotopic (exact) mass is 266 g/mol. The normalized spacial score (nSPS) is 12.0. The van der Waals surface area contributed by atoms with Crippen LogP contribution in [0.25, 0.3) is 0 Å². The highest BCUT2D eigenvalue weighted by atomic mass is 35.5. The minimum Gasteiger partial charge on any atom is -0.212 e. The van der Waals surface area contributed by atoms with E-state index in [1.54, 1.807) is 0 Å². The first-order valence-electron chi connectivity index (χ1n) is 5.38. The van der Waals surface area contributed by atoms with Gasteiger partial charge in [-0.3, -0.25) is 0 Å². The topological polar surface area (TPSA) is 61.2 Å². The molecule has 0 aliphatic rings. The predicted molar refractivity (Wildman–Crippen MR) is 65.8 cm³/mol. The third kappa shape index (κ3) is 5.69. The molecule has 0 bridgehead atoms. The first-order chi connectivity index (χ1) is 7.45. The predicted octanol–water partition coefficient (Wildman–Crippen LogP) is 1.96. The molecule has 16 heavy (non-hydrogen) atoms. The fourth-order valence-electron chi connectivity index (χ4n) is 1.37. The van der Waals surface area contributed by atoms with Crippen molar-refractivity contribution >= 4 is 21.6 Å². The van der Waals surface area contributed by atoms with Crippen LogP contribution in [-0.2, 0) is 10.0 Å². The van der Waals surface area contributed by atoms with E-state index >= 15 is 0 Å². The van der Waals surface area contributed by atoms with Crippen LogP contribution in [0.5, 0.6) is 0 Å². The summed E-state index contributed by atoms with van der Waals surface area (Å²) < 4.78 is 25.2. The smallest absolute Gasteiger partial charge is 0.212 e. The summed E-state index contributed by atoms with van der Waals surface area (Å²) >= 11 is 5.50. The number of nitrogens with zero attached hydrogens (tertiary/aromatic N) is 2. The molecule has 0 aromatic heterocycles. The number of hydrogen-bond donors (Lipinski definition) is 0. The van der Waals surface area contributed by atoms with Crippen molar-refractivity contribution in [2.45, 2.75) is 39.2 Å². The number of unbranched alkanes of at least 4 members (excludes halogenated alkanes) is 1. The van der Waals surface area contributed by atoms with Gasteiger partial charge in [-0.15, -0.1) is 11.6 Å². The molecule has 6 heteroatoms. The van der Waals surface area contributed by atoms with Gasteiger partial charge in [0, 0.05) is 24.9 Å². The molecule has 0 N–H and O–H groups in total. The molecular weight excluding hydrogens is 248 g/mol. The van der Waals surface area contributed by atoms with E-state index in [9.17, 15) is 8.42 Å². The van der Waals surface area contributed by atoms with Crippen LogP contribution in [0.15, 0.2) is 0 Å². The number of rotatable bonds is 8. The Labute approximate surface area is 103 Å². The Kier molecular flexibility index (Phi) is 7.73. The molecular formula is C10H19ClN2O2S. The lowest BCUT2D eigenvalue weighted by Gasteiger charge is -2.24. The van der Waals surface area contributed by atoms with Gasteiger partial charge in [0.1, 0.15) is 0 Å². The Balaban J connectivity index is 4.45. The third-order valence-corrected chi connectivity index (χ3v) is 4.55. The zero-order chi connectivity index (χ0) is 12.6. The second-order valence-electron chi connectivity index (χ2n) is 3.82. The van der Waals surface area contributed by atoms with Crippen LogP contribution >= 0.6 is 11.6 Å². The van der Waals surface area contributed by atoms with Crippen molar-refractivity contribution in [1.29, 1.82) is 5.26 Å². The zero-order valence-electron chi connectivity index (χ0n) is 9.82. The van der Waals surface area contributed by atoms with E-state index in [-0.39, 0.29) is 24.8 Å². The molecule has 0 unspecified atom stereocenters. The lowest BCUT2D eigenvalue weighted by atomic mass is 10.3. The van der Waals surface area contributed by atoms with Gasteiger partial charge in [0.15, 0.2) is 0 Å². The maximum absolute atomic E-state index is 11.9. The first kappa shape index (κ1) is 15.7. The summed E-state index contributed by atoms with van der Waals surface area (Å²) in [5, 5.41) is 8.49. The second kappa shape index (κ2) is 7.88. The van der Waals surface area contributed by atoms with E-state index in [1.165, 1.54) is 4.31 Å². The van der Waals surface area contributed by atoms with Crippen molar-refractivity contribution in [1.82, 2.24) is 4.31 Å². The van der Waals surface area contributed by atoms with Crippen LogP contribution in [0, 0.1) is 11.3 Å². The highest BCUT2D eigenvalue weighted by molar-refractivity contribution is 7.89. The Morgan fingerprint density at radius 2 is 2.00 bits per heavy atom. The van der Waals surface area contributed by atoms with E-state index in [2.05, 4.69) is 0 Å². The number of sulfonamides is 1. The van der Waals surface area contributed by atoms with Crippen LogP contribution in [0.1, 0.15) is 33.1 Å². The molecule has 0 amide bonds. The minimum atomic E-state index is -3.24. The largest absolute Gasteiger partial charge is 0.214 e. The van der Waals surface area contributed by atoms with Gasteiger partial charge in [-0.05, 0) is 26.7 Å². The summed E-state index contributed by atoms with van der Waals surface area (Å²) in [6.45, 7) is 3.91. The summed E-state index contributed by atoms with van der Waals surface area (Å²) in [6.07, 6.45) is 1.50. The molecule has 0 atom stereocenters. The van der Waals surface area contributed by atoms with E-state index in [0.717, 1.165) is 0 Å². The third-order valence-electron chi connectivity index (χ3n) is 2.16. The van der Waals surface area contributed by atoms with Crippen molar-refractivity contribution in [3.05, 3.63) is 0 Å². The van der Waals surface area contributed by atoms with E-state index in [1.807, 2.05) is 19.9 Å².